The Morgan fingerprint density at radius 1 is 1.20 bits per heavy atom. The van der Waals surface area contributed by atoms with Gasteiger partial charge in [0.2, 0.25) is 0 Å². The van der Waals surface area contributed by atoms with Gasteiger partial charge >= 0.3 is 0 Å². The van der Waals surface area contributed by atoms with Gasteiger partial charge in [-0.2, -0.15) is 0 Å². The van der Waals surface area contributed by atoms with Crippen LogP contribution >= 0.6 is 22.9 Å². The molecule has 186 valence electrons. The number of nitro benzene ring substituents is 1. The molecule has 9 nitrogen and oxygen atoms in total. The van der Waals surface area contributed by atoms with E-state index in [1.807, 2.05) is 23.9 Å². The first-order chi connectivity index (χ1) is 16.8. The SMILES string of the molecule is COc1ccc(Cl)c2sc(N(CCN(C)C)C(=O)c3ccc(N4CCCCC4)c([N+](=O)[O-])c3)nc12. The van der Waals surface area contributed by atoms with E-state index in [0.29, 0.717) is 40.2 Å². The molecule has 1 saturated heterocycles. The number of amides is 1. The van der Waals surface area contributed by atoms with Gasteiger partial charge in [-0.3, -0.25) is 19.8 Å². The average molecular weight is 518 g/mol. The molecule has 0 spiro atoms. The number of carbonyl (C=O) groups excluding carboxylic acids is 1. The quantitative estimate of drug-likeness (QED) is 0.304. The number of carbonyl (C=O) groups is 1. The summed E-state index contributed by atoms with van der Waals surface area (Å²) >= 11 is 7.69. The molecule has 3 aromatic rings. The van der Waals surface area contributed by atoms with Crippen molar-refractivity contribution in [3.63, 3.8) is 0 Å². The third-order valence-corrected chi connectivity index (χ3v) is 7.57. The number of nitro groups is 1. The maximum Gasteiger partial charge on any atom is 0.293 e. The number of benzene rings is 2. The minimum Gasteiger partial charge on any atom is -0.494 e. The van der Waals surface area contributed by atoms with Crippen LogP contribution in [0.25, 0.3) is 10.2 Å². The molecule has 0 unspecified atom stereocenters. The van der Waals surface area contributed by atoms with Crippen molar-refractivity contribution in [3.05, 3.63) is 51.0 Å². The zero-order chi connectivity index (χ0) is 25.1. The van der Waals surface area contributed by atoms with Crippen LogP contribution in [0.1, 0.15) is 29.6 Å². The van der Waals surface area contributed by atoms with Crippen LogP contribution in [0.5, 0.6) is 5.75 Å². The number of hydrogen-bond donors (Lipinski definition) is 0. The Morgan fingerprint density at radius 2 is 1.94 bits per heavy atom. The van der Waals surface area contributed by atoms with Crippen LogP contribution in [0.3, 0.4) is 0 Å². The van der Waals surface area contributed by atoms with Gasteiger partial charge in [0.25, 0.3) is 11.6 Å². The summed E-state index contributed by atoms with van der Waals surface area (Å²) in [5.41, 5.74) is 1.32. The molecular formula is C24H28ClN5O4S. The third kappa shape index (κ3) is 5.34. The molecule has 1 aliphatic heterocycles. The Morgan fingerprint density at radius 3 is 2.60 bits per heavy atom. The lowest BCUT2D eigenvalue weighted by atomic mass is 10.1. The van der Waals surface area contributed by atoms with Gasteiger partial charge in [-0.25, -0.2) is 4.98 Å². The molecule has 0 N–H and O–H groups in total. The van der Waals surface area contributed by atoms with E-state index in [2.05, 4.69) is 4.98 Å². The van der Waals surface area contributed by atoms with E-state index in [0.717, 1.165) is 37.1 Å². The molecule has 0 saturated carbocycles. The molecule has 35 heavy (non-hydrogen) atoms. The van der Waals surface area contributed by atoms with Gasteiger partial charge in [0.15, 0.2) is 5.13 Å². The molecule has 0 radical (unpaired) electrons. The number of thiazole rings is 1. The van der Waals surface area contributed by atoms with Gasteiger partial charge in [-0.1, -0.05) is 22.9 Å². The molecule has 4 rings (SSSR count). The number of nitrogens with zero attached hydrogens (tertiary/aromatic N) is 5. The van der Waals surface area contributed by atoms with E-state index in [9.17, 15) is 14.9 Å². The molecule has 1 aliphatic rings. The van der Waals surface area contributed by atoms with Crippen LogP contribution in [0, 0.1) is 10.1 Å². The highest BCUT2D eigenvalue weighted by Gasteiger charge is 2.27. The van der Waals surface area contributed by atoms with Crippen LogP contribution in [-0.2, 0) is 0 Å². The number of anilines is 2. The van der Waals surface area contributed by atoms with Gasteiger partial charge in [0, 0.05) is 37.8 Å². The van der Waals surface area contributed by atoms with Crippen molar-refractivity contribution in [2.45, 2.75) is 19.3 Å². The summed E-state index contributed by atoms with van der Waals surface area (Å²) in [5.74, 6) is 0.211. The predicted octanol–water partition coefficient (Wildman–Crippen LogP) is 5.07. The maximum atomic E-state index is 13.7. The van der Waals surface area contributed by atoms with E-state index >= 15 is 0 Å². The lowest BCUT2D eigenvalue weighted by molar-refractivity contribution is -0.384. The van der Waals surface area contributed by atoms with Crippen molar-refractivity contribution in [2.24, 2.45) is 0 Å². The number of halogens is 1. The topological polar surface area (TPSA) is 92.0 Å². The molecule has 1 amide bonds. The van der Waals surface area contributed by atoms with Crippen molar-refractivity contribution in [2.75, 3.05) is 57.2 Å². The highest BCUT2D eigenvalue weighted by Crippen LogP contribution is 2.39. The fourth-order valence-electron chi connectivity index (χ4n) is 4.17. The van der Waals surface area contributed by atoms with E-state index in [1.54, 1.807) is 36.3 Å². The monoisotopic (exact) mass is 517 g/mol. The second-order valence-corrected chi connectivity index (χ2v) is 10.1. The summed E-state index contributed by atoms with van der Waals surface area (Å²) in [7, 11) is 5.39. The van der Waals surface area contributed by atoms with Crippen molar-refractivity contribution in [1.29, 1.82) is 0 Å². The van der Waals surface area contributed by atoms with Crippen LogP contribution in [0.2, 0.25) is 5.02 Å². The Balaban J connectivity index is 1.74. The molecule has 1 fully saturated rings. The smallest absolute Gasteiger partial charge is 0.293 e. The minimum atomic E-state index is -0.410. The number of ether oxygens (including phenoxy) is 1. The second-order valence-electron chi connectivity index (χ2n) is 8.69. The van der Waals surface area contributed by atoms with Crippen LogP contribution in [-0.4, -0.2) is 68.1 Å². The van der Waals surface area contributed by atoms with E-state index in [1.165, 1.54) is 17.4 Å². The van der Waals surface area contributed by atoms with Crippen molar-refractivity contribution >= 4 is 55.6 Å². The first-order valence-electron chi connectivity index (χ1n) is 11.4. The van der Waals surface area contributed by atoms with E-state index in [-0.39, 0.29) is 17.2 Å². The Hall–Kier alpha value is -2.95. The van der Waals surface area contributed by atoms with Gasteiger partial charge in [0.05, 0.1) is 21.8 Å². The lowest BCUT2D eigenvalue weighted by Crippen LogP contribution is -2.37. The van der Waals surface area contributed by atoms with Gasteiger partial charge < -0.3 is 14.5 Å². The molecule has 0 atom stereocenters. The maximum absolute atomic E-state index is 13.7. The summed E-state index contributed by atoms with van der Waals surface area (Å²) in [5, 5.41) is 12.9. The van der Waals surface area contributed by atoms with Crippen LogP contribution in [0.15, 0.2) is 30.3 Å². The van der Waals surface area contributed by atoms with Crippen molar-refractivity contribution in [3.8, 4) is 5.75 Å². The number of likely N-dealkylation sites (N-methyl/N-ethyl adjacent to an activating group) is 1. The summed E-state index contributed by atoms with van der Waals surface area (Å²) in [6.07, 6.45) is 3.12. The first-order valence-corrected chi connectivity index (χ1v) is 12.6. The van der Waals surface area contributed by atoms with E-state index < -0.39 is 4.92 Å². The Bertz CT molecular complexity index is 1240. The predicted molar refractivity (Wildman–Crippen MR) is 141 cm³/mol. The zero-order valence-electron chi connectivity index (χ0n) is 20.0. The molecule has 11 heteroatoms. The molecule has 2 heterocycles. The van der Waals surface area contributed by atoms with Crippen LogP contribution < -0.4 is 14.5 Å². The Labute approximate surface area is 213 Å². The number of hydrogen-bond acceptors (Lipinski definition) is 8. The third-order valence-electron chi connectivity index (χ3n) is 6.03. The largest absolute Gasteiger partial charge is 0.494 e. The van der Waals surface area contributed by atoms with Crippen molar-refractivity contribution in [1.82, 2.24) is 9.88 Å². The second kappa shape index (κ2) is 10.8. The number of fused-ring (bicyclic) bond motifs is 1. The number of aromatic nitrogens is 1. The fourth-order valence-corrected chi connectivity index (χ4v) is 5.45. The van der Waals surface area contributed by atoms with Crippen LogP contribution in [0.4, 0.5) is 16.5 Å². The summed E-state index contributed by atoms with van der Waals surface area (Å²) in [4.78, 5) is 35.4. The minimum absolute atomic E-state index is 0.0562. The highest BCUT2D eigenvalue weighted by molar-refractivity contribution is 7.23. The highest BCUT2D eigenvalue weighted by atomic mass is 35.5. The molecule has 2 aromatic carbocycles. The summed E-state index contributed by atoms with van der Waals surface area (Å²) in [6, 6.07) is 8.22. The lowest BCUT2D eigenvalue weighted by Gasteiger charge is -2.28. The van der Waals surface area contributed by atoms with Gasteiger partial charge in [-0.05, 0) is 57.6 Å². The van der Waals surface area contributed by atoms with Crippen molar-refractivity contribution < 1.29 is 14.5 Å². The fraction of sp³-hybridized carbons (Fsp3) is 0.417. The van der Waals surface area contributed by atoms with Gasteiger partial charge in [-0.15, -0.1) is 0 Å². The van der Waals surface area contributed by atoms with Gasteiger partial charge in [0.1, 0.15) is 17.0 Å². The molecular weight excluding hydrogens is 490 g/mol. The molecule has 1 aromatic heterocycles. The normalized spacial score (nSPS) is 13.9. The van der Waals surface area contributed by atoms with E-state index in [4.69, 9.17) is 16.3 Å². The standard InChI is InChI=1S/C24H28ClN5O4S/c1-27(2)13-14-29(24-26-21-20(34-3)10-8-17(25)22(21)35-24)23(31)16-7-9-18(19(15-16)30(32)33)28-11-5-4-6-12-28/h7-10,15H,4-6,11-14H2,1-3H3. The zero-order valence-corrected chi connectivity index (χ0v) is 21.6. The average Bonchev–Trinajstić information content (AvgIpc) is 3.30. The number of piperidine rings is 1. The number of methoxy groups -OCH3 is 1. The molecule has 0 bridgehead atoms. The Kier molecular flexibility index (Phi) is 7.73. The summed E-state index contributed by atoms with van der Waals surface area (Å²) < 4.78 is 6.14. The molecule has 0 aliphatic carbocycles. The first kappa shape index (κ1) is 25.2. The summed E-state index contributed by atoms with van der Waals surface area (Å²) in [6.45, 7) is 2.49. The number of rotatable bonds is 8.